The first-order valence-corrected chi connectivity index (χ1v) is 9.76. The van der Waals surface area contributed by atoms with Gasteiger partial charge in [-0.25, -0.2) is 0 Å². The summed E-state index contributed by atoms with van der Waals surface area (Å²) < 4.78 is -0.711. The van der Waals surface area contributed by atoms with Crippen LogP contribution in [0.15, 0.2) is 59.8 Å². The average molecular weight is 458 g/mol. The molecule has 0 radical (unpaired) electrons. The van der Waals surface area contributed by atoms with Crippen LogP contribution in [0, 0.1) is 0 Å². The number of halogens is 3. The summed E-state index contributed by atoms with van der Waals surface area (Å²) in [6.07, 6.45) is 4.07. The number of para-hydroxylation sites is 1. The highest BCUT2D eigenvalue weighted by atomic mass is 35.6. The van der Waals surface area contributed by atoms with Gasteiger partial charge in [0, 0.05) is 12.4 Å². The van der Waals surface area contributed by atoms with Crippen molar-refractivity contribution in [3.63, 3.8) is 0 Å². The molecule has 0 spiro atoms. The quantitative estimate of drug-likeness (QED) is 0.260. The first kappa shape index (κ1) is 20.5. The highest BCUT2D eigenvalue weighted by molar-refractivity contribution is 7.99. The second kappa shape index (κ2) is 8.87. The molecule has 1 N–H and O–H groups in total. The Kier molecular flexibility index (Phi) is 6.50. The molecule has 0 saturated heterocycles. The summed E-state index contributed by atoms with van der Waals surface area (Å²) in [6.45, 7) is 0. The number of hydrogen-bond acceptors (Lipinski definition) is 8. The molecule has 3 rings (SSSR count). The fourth-order valence-corrected chi connectivity index (χ4v) is 3.22. The molecule has 2 heterocycles. The van der Waals surface area contributed by atoms with E-state index in [1.165, 1.54) is 23.3 Å². The van der Waals surface area contributed by atoms with Crippen LogP contribution in [0.4, 0.5) is 0 Å². The van der Waals surface area contributed by atoms with Gasteiger partial charge in [-0.2, -0.15) is 4.68 Å². The molecule has 12 heteroatoms. The third-order valence-electron chi connectivity index (χ3n) is 3.38. The van der Waals surface area contributed by atoms with Gasteiger partial charge in [-0.3, -0.25) is 14.8 Å². The number of benzene rings is 1. The normalized spacial score (nSPS) is 12.5. The van der Waals surface area contributed by atoms with Crippen molar-refractivity contribution in [3.05, 3.63) is 60.4 Å². The zero-order valence-electron chi connectivity index (χ0n) is 13.9. The van der Waals surface area contributed by atoms with Crippen LogP contribution in [-0.4, -0.2) is 50.6 Å². The number of aliphatic hydroxyl groups is 1. The highest BCUT2D eigenvalue weighted by Gasteiger charge is 2.33. The van der Waals surface area contributed by atoms with Gasteiger partial charge in [-0.15, -0.1) is 5.10 Å². The fourth-order valence-electron chi connectivity index (χ4n) is 2.17. The Labute approximate surface area is 178 Å². The van der Waals surface area contributed by atoms with Crippen LogP contribution < -0.4 is 0 Å². The van der Waals surface area contributed by atoms with E-state index in [-0.39, 0.29) is 17.0 Å². The van der Waals surface area contributed by atoms with Crippen LogP contribution >= 0.6 is 46.6 Å². The van der Waals surface area contributed by atoms with Gasteiger partial charge >= 0.3 is 0 Å². The number of aliphatic hydroxyl groups excluding tert-OH is 1. The van der Waals surface area contributed by atoms with Gasteiger partial charge in [-0.05, 0) is 22.6 Å². The highest BCUT2D eigenvalue weighted by Crippen LogP contribution is 2.37. The van der Waals surface area contributed by atoms with Crippen molar-refractivity contribution < 1.29 is 9.90 Å². The Balaban J connectivity index is 1.86. The van der Waals surface area contributed by atoms with Crippen molar-refractivity contribution >= 4 is 57.9 Å². The molecule has 0 atom stereocenters. The van der Waals surface area contributed by atoms with Gasteiger partial charge in [0.15, 0.2) is 11.5 Å². The molecule has 0 amide bonds. The predicted octanol–water partition coefficient (Wildman–Crippen LogP) is 3.45. The van der Waals surface area contributed by atoms with Gasteiger partial charge in [0.2, 0.25) is 8.95 Å². The maximum Gasteiger partial charge on any atom is 0.248 e. The Morgan fingerprint density at radius 3 is 2.57 bits per heavy atom. The number of ketones is 1. The van der Waals surface area contributed by atoms with E-state index in [0.29, 0.717) is 5.16 Å². The number of aromatic nitrogens is 6. The minimum atomic E-state index is -2.20. The van der Waals surface area contributed by atoms with E-state index in [9.17, 15) is 9.90 Å². The number of alkyl halides is 3. The Morgan fingerprint density at radius 2 is 1.93 bits per heavy atom. The number of carbonyl (C=O) groups excluding carboxylic acids is 1. The van der Waals surface area contributed by atoms with Crippen molar-refractivity contribution in [2.24, 2.45) is 0 Å². The lowest BCUT2D eigenvalue weighted by molar-refractivity contribution is -0.111. The molecule has 8 nitrogen and oxygen atoms in total. The van der Waals surface area contributed by atoms with Crippen molar-refractivity contribution in [2.45, 2.75) is 8.95 Å². The van der Waals surface area contributed by atoms with Gasteiger partial charge in [0.25, 0.3) is 0 Å². The van der Waals surface area contributed by atoms with Gasteiger partial charge < -0.3 is 5.11 Å². The largest absolute Gasteiger partial charge is 0.507 e. The Bertz CT molecular complexity index is 992. The first-order chi connectivity index (χ1) is 13.4. The van der Waals surface area contributed by atoms with Crippen molar-refractivity contribution in [1.29, 1.82) is 0 Å². The lowest BCUT2D eigenvalue weighted by atomic mass is 10.1. The maximum atomic E-state index is 12.8. The van der Waals surface area contributed by atoms with Crippen LogP contribution in [0.25, 0.3) is 11.3 Å². The van der Waals surface area contributed by atoms with Gasteiger partial charge in [0.05, 0.1) is 28.9 Å². The monoisotopic (exact) mass is 456 g/mol. The molecule has 3 aromatic rings. The molecule has 0 fully saturated rings. The number of nitrogens with zero attached hydrogens (tertiary/aromatic N) is 6. The SMILES string of the molecule is O=C(CSc1nnnn1-c1ccccc1)C(=C(O)C(Cl)(Cl)Cl)c1cnccn1. The number of tetrazole rings is 1. The van der Waals surface area contributed by atoms with Crippen molar-refractivity contribution in [2.75, 3.05) is 5.75 Å². The number of thioether (sulfide) groups is 1. The number of allylic oxidation sites excluding steroid dienone is 2. The molecule has 1 aromatic carbocycles. The van der Waals surface area contributed by atoms with Gasteiger partial charge in [-0.1, -0.05) is 64.8 Å². The van der Waals surface area contributed by atoms with Crippen LogP contribution in [-0.2, 0) is 4.79 Å². The first-order valence-electron chi connectivity index (χ1n) is 7.64. The number of hydrogen-bond donors (Lipinski definition) is 1. The molecule has 0 aliphatic heterocycles. The fraction of sp³-hybridized carbons (Fsp3) is 0.125. The number of rotatable bonds is 6. The maximum absolute atomic E-state index is 12.8. The third-order valence-corrected chi connectivity index (χ3v) is 4.83. The average Bonchev–Trinajstić information content (AvgIpc) is 3.16. The second-order valence-corrected chi connectivity index (χ2v) is 8.46. The summed E-state index contributed by atoms with van der Waals surface area (Å²) in [4.78, 5) is 20.7. The molecule has 0 saturated carbocycles. The van der Waals surface area contributed by atoms with E-state index in [1.807, 2.05) is 30.3 Å². The van der Waals surface area contributed by atoms with Crippen LogP contribution in [0.5, 0.6) is 0 Å². The smallest absolute Gasteiger partial charge is 0.248 e. The van der Waals surface area contributed by atoms with Crippen LogP contribution in [0.3, 0.4) is 0 Å². The van der Waals surface area contributed by atoms with E-state index < -0.39 is 15.3 Å². The lowest BCUT2D eigenvalue weighted by Crippen LogP contribution is -2.17. The minimum Gasteiger partial charge on any atom is -0.507 e. The summed E-state index contributed by atoms with van der Waals surface area (Å²) in [5.41, 5.74) is 0.579. The molecule has 0 unspecified atom stereocenters. The zero-order valence-corrected chi connectivity index (χ0v) is 17.0. The van der Waals surface area contributed by atoms with E-state index in [4.69, 9.17) is 34.8 Å². The van der Waals surface area contributed by atoms with E-state index in [1.54, 1.807) is 0 Å². The molecular weight excluding hydrogens is 447 g/mol. The van der Waals surface area contributed by atoms with Crippen LogP contribution in [0.2, 0.25) is 0 Å². The molecule has 2 aromatic heterocycles. The minimum absolute atomic E-state index is 0.0829. The topological polar surface area (TPSA) is 107 Å². The summed E-state index contributed by atoms with van der Waals surface area (Å²) >= 11 is 18.3. The molecule has 0 bridgehead atoms. The lowest BCUT2D eigenvalue weighted by Gasteiger charge is -2.15. The molecule has 28 heavy (non-hydrogen) atoms. The Hall–Kier alpha value is -2.20. The zero-order chi connectivity index (χ0) is 20.1. The summed E-state index contributed by atoms with van der Waals surface area (Å²) in [6, 6.07) is 9.18. The van der Waals surface area contributed by atoms with E-state index >= 15 is 0 Å². The molecule has 0 aliphatic rings. The van der Waals surface area contributed by atoms with Crippen LogP contribution in [0.1, 0.15) is 5.69 Å². The third kappa shape index (κ3) is 4.79. The number of carbonyl (C=O) groups is 1. The van der Waals surface area contributed by atoms with Crippen molar-refractivity contribution in [3.8, 4) is 5.69 Å². The Morgan fingerprint density at radius 1 is 1.18 bits per heavy atom. The van der Waals surface area contributed by atoms with Crippen molar-refractivity contribution in [1.82, 2.24) is 30.2 Å². The molecular formula is C16H11Cl3N6O2S. The summed E-state index contributed by atoms with van der Waals surface area (Å²) in [5, 5.41) is 22.2. The summed E-state index contributed by atoms with van der Waals surface area (Å²) in [5.74, 6) is -1.40. The predicted molar refractivity (Wildman–Crippen MR) is 107 cm³/mol. The van der Waals surface area contributed by atoms with Gasteiger partial charge in [0.1, 0.15) is 0 Å². The van der Waals surface area contributed by atoms with E-state index in [2.05, 4.69) is 25.5 Å². The molecule has 0 aliphatic carbocycles. The van der Waals surface area contributed by atoms with E-state index in [0.717, 1.165) is 17.4 Å². The standard InChI is InChI=1S/C16H11Cl3N6O2S/c17-16(18,19)14(27)13(11-8-20-6-7-21-11)12(26)9-28-15-22-23-24-25(15)10-4-2-1-3-5-10/h1-8,27H,9H2. The second-order valence-electron chi connectivity index (χ2n) is 5.23. The molecule has 144 valence electrons. The summed E-state index contributed by atoms with van der Waals surface area (Å²) in [7, 11) is 0. The number of Topliss-reactive ketones (excluding diaryl/α,β-unsaturated/α-hetero) is 1.